The zero-order valence-corrected chi connectivity index (χ0v) is 16.8. The molecule has 0 bridgehead atoms. The van der Waals surface area contributed by atoms with E-state index >= 15 is 0 Å². The molecule has 6 nitrogen and oxygen atoms in total. The van der Waals surface area contributed by atoms with Gasteiger partial charge in [-0.2, -0.15) is 0 Å². The van der Waals surface area contributed by atoms with Gasteiger partial charge in [-0.3, -0.25) is 4.90 Å². The van der Waals surface area contributed by atoms with E-state index in [-0.39, 0.29) is 5.92 Å². The lowest BCUT2D eigenvalue weighted by atomic mass is 9.94. The molecule has 1 aliphatic carbocycles. The van der Waals surface area contributed by atoms with Gasteiger partial charge in [-0.25, -0.2) is 4.79 Å². The van der Waals surface area contributed by atoms with E-state index in [9.17, 15) is 14.7 Å². The minimum absolute atomic E-state index is 0.0440. The number of aliphatic carboxylic acids is 1. The van der Waals surface area contributed by atoms with Crippen molar-refractivity contribution >= 4 is 12.1 Å². The normalized spacial score (nSPS) is 25.2. The zero-order valence-electron chi connectivity index (χ0n) is 16.8. The summed E-state index contributed by atoms with van der Waals surface area (Å²) >= 11 is 0. The molecule has 1 aromatic rings. The molecule has 150 valence electrons. The standard InChI is InChI=1S/C13H21NO4.C8H11N/c1-13(2,3)18-12(17)14-7-8-5-4-6-9(8)10(14)11(15)16;1-7(9)8-5-3-2-4-6-8/h8-10H,4-7H2,1-3H3,(H,15,16);2-7H,9H2,1H3/t8-,9-,10-;7-/m01/s1. The minimum atomic E-state index is -1.16. The third kappa shape index (κ3) is 5.70. The van der Waals surface area contributed by atoms with Crippen LogP contribution in [0.4, 0.5) is 4.79 Å². The first-order chi connectivity index (χ1) is 12.6. The number of amides is 1. The van der Waals surface area contributed by atoms with E-state index in [0.29, 0.717) is 18.5 Å². The lowest BCUT2D eigenvalue weighted by Gasteiger charge is -2.31. The molecule has 1 saturated heterocycles. The maximum Gasteiger partial charge on any atom is 0.410 e. The number of hydrogen-bond donors (Lipinski definition) is 1. The Kier molecular flexibility index (Phi) is 6.87. The number of ether oxygens (including phenoxy) is 1. The van der Waals surface area contributed by atoms with E-state index in [1.54, 1.807) is 20.8 Å². The lowest BCUT2D eigenvalue weighted by Crippen LogP contribution is -2.51. The molecule has 2 aliphatic rings. The monoisotopic (exact) mass is 376 g/mol. The Labute approximate surface area is 161 Å². The van der Waals surface area contributed by atoms with Crippen molar-refractivity contribution in [2.24, 2.45) is 11.8 Å². The maximum atomic E-state index is 12.0. The van der Waals surface area contributed by atoms with Gasteiger partial charge in [0.1, 0.15) is 11.6 Å². The van der Waals surface area contributed by atoms with Gasteiger partial charge < -0.3 is 20.4 Å². The van der Waals surface area contributed by atoms with Crippen LogP contribution < -0.4 is 10.8 Å². The molecule has 3 rings (SSSR count). The number of fused-ring (bicyclic) bond motifs is 1. The highest BCUT2D eigenvalue weighted by Crippen LogP contribution is 2.42. The van der Waals surface area contributed by atoms with Crippen molar-refractivity contribution in [1.29, 1.82) is 0 Å². The van der Waals surface area contributed by atoms with Gasteiger partial charge in [0, 0.05) is 12.1 Å². The Morgan fingerprint density at radius 1 is 1.22 bits per heavy atom. The van der Waals surface area contributed by atoms with Crippen molar-refractivity contribution in [2.45, 2.75) is 64.6 Å². The first-order valence-corrected chi connectivity index (χ1v) is 9.68. The highest BCUT2D eigenvalue weighted by Gasteiger charge is 2.47. The van der Waals surface area contributed by atoms with Gasteiger partial charge in [0.25, 0.3) is 0 Å². The summed E-state index contributed by atoms with van der Waals surface area (Å²) in [5.41, 5.74) is 4.61. The summed E-state index contributed by atoms with van der Waals surface area (Å²) in [6, 6.07) is 9.88. The summed E-state index contributed by atoms with van der Waals surface area (Å²) in [6.07, 6.45) is 2.36. The van der Waals surface area contributed by atoms with Crippen LogP contribution in [0.25, 0.3) is 0 Å². The molecule has 1 amide bonds. The van der Waals surface area contributed by atoms with Crippen molar-refractivity contribution in [1.82, 2.24) is 4.90 Å². The number of rotatable bonds is 2. The fourth-order valence-corrected chi connectivity index (χ4v) is 3.90. The van der Waals surface area contributed by atoms with E-state index < -0.39 is 23.7 Å². The Hall–Kier alpha value is -2.08. The molecule has 0 radical (unpaired) electrons. The summed E-state index contributed by atoms with van der Waals surface area (Å²) < 4.78 is 5.26. The van der Waals surface area contributed by atoms with Crippen molar-refractivity contribution in [3.8, 4) is 0 Å². The number of quaternary nitrogens is 1. The van der Waals surface area contributed by atoms with Gasteiger partial charge in [0.2, 0.25) is 0 Å². The minimum Gasteiger partial charge on any atom is -0.548 e. The summed E-state index contributed by atoms with van der Waals surface area (Å²) in [5, 5.41) is 11.3. The van der Waals surface area contributed by atoms with Crippen LogP contribution in [0.3, 0.4) is 0 Å². The van der Waals surface area contributed by atoms with E-state index in [4.69, 9.17) is 4.74 Å². The molecule has 4 atom stereocenters. The van der Waals surface area contributed by atoms with Gasteiger partial charge in [-0.1, -0.05) is 36.8 Å². The van der Waals surface area contributed by atoms with Crippen LogP contribution in [-0.2, 0) is 9.53 Å². The Bertz CT molecular complexity index is 639. The summed E-state index contributed by atoms with van der Waals surface area (Å²) in [7, 11) is 0. The number of nitrogens with zero attached hydrogens (tertiary/aromatic N) is 1. The zero-order chi connectivity index (χ0) is 20.2. The predicted molar refractivity (Wildman–Crippen MR) is 100 cm³/mol. The topological polar surface area (TPSA) is 97.3 Å². The van der Waals surface area contributed by atoms with Gasteiger partial charge in [0.05, 0.1) is 12.0 Å². The SMILES string of the molecule is CC(C)(C)OC(=O)N1C[C@@H]2CCC[C@@H]2[C@H]1C(=O)[O-].C[C@@H]([NH3+])c1ccccc1. The molecule has 0 spiro atoms. The smallest absolute Gasteiger partial charge is 0.410 e. The van der Waals surface area contributed by atoms with Crippen LogP contribution in [0.2, 0.25) is 0 Å². The second-order valence-electron chi connectivity index (χ2n) is 8.56. The number of hydrogen-bond acceptors (Lipinski definition) is 4. The molecule has 1 aromatic carbocycles. The molecule has 3 N–H and O–H groups in total. The fourth-order valence-electron chi connectivity index (χ4n) is 3.90. The van der Waals surface area contributed by atoms with E-state index in [1.165, 1.54) is 10.5 Å². The van der Waals surface area contributed by atoms with Crippen LogP contribution >= 0.6 is 0 Å². The molecular weight excluding hydrogens is 344 g/mol. The predicted octanol–water partition coefficient (Wildman–Crippen LogP) is 1.76. The summed E-state index contributed by atoms with van der Waals surface area (Å²) in [4.78, 5) is 24.6. The van der Waals surface area contributed by atoms with Crippen molar-refractivity contribution in [2.75, 3.05) is 6.54 Å². The third-order valence-electron chi connectivity index (χ3n) is 5.13. The summed E-state index contributed by atoms with van der Waals surface area (Å²) in [6.45, 7) is 7.90. The number of carboxylic acids is 1. The molecule has 1 saturated carbocycles. The average Bonchev–Trinajstić information content (AvgIpc) is 3.14. The number of carbonyl (C=O) groups is 2. The molecule has 0 aromatic heterocycles. The molecule has 27 heavy (non-hydrogen) atoms. The van der Waals surface area contributed by atoms with Gasteiger partial charge in [-0.15, -0.1) is 0 Å². The molecular formula is C21H32N2O4. The second kappa shape index (κ2) is 8.74. The Morgan fingerprint density at radius 3 is 2.33 bits per heavy atom. The van der Waals surface area contributed by atoms with Gasteiger partial charge >= 0.3 is 6.09 Å². The van der Waals surface area contributed by atoms with Crippen LogP contribution in [0.15, 0.2) is 30.3 Å². The van der Waals surface area contributed by atoms with Crippen molar-refractivity contribution in [3.05, 3.63) is 35.9 Å². The molecule has 1 aliphatic heterocycles. The Morgan fingerprint density at radius 2 is 1.85 bits per heavy atom. The van der Waals surface area contributed by atoms with Gasteiger partial charge in [0.15, 0.2) is 0 Å². The second-order valence-corrected chi connectivity index (χ2v) is 8.56. The number of benzene rings is 1. The third-order valence-corrected chi connectivity index (χ3v) is 5.13. The number of carbonyl (C=O) groups excluding carboxylic acids is 2. The quantitative estimate of drug-likeness (QED) is 0.850. The van der Waals surface area contributed by atoms with E-state index in [2.05, 4.69) is 24.8 Å². The van der Waals surface area contributed by atoms with Crippen LogP contribution in [-0.4, -0.2) is 35.2 Å². The van der Waals surface area contributed by atoms with E-state index in [0.717, 1.165) is 19.3 Å². The Balaban J connectivity index is 0.000000244. The maximum absolute atomic E-state index is 12.0. The lowest BCUT2D eigenvalue weighted by molar-refractivity contribution is -0.420. The first-order valence-electron chi connectivity index (χ1n) is 9.68. The number of carboxylic acid groups (broad SMARTS) is 1. The summed E-state index contributed by atoms with van der Waals surface area (Å²) in [5.74, 6) is -0.821. The molecule has 0 unspecified atom stereocenters. The molecule has 6 heteroatoms. The molecule has 2 fully saturated rings. The van der Waals surface area contributed by atoms with Crippen molar-refractivity contribution < 1.29 is 25.2 Å². The fraction of sp³-hybridized carbons (Fsp3) is 0.619. The van der Waals surface area contributed by atoms with Gasteiger partial charge in [-0.05, 0) is 52.4 Å². The highest BCUT2D eigenvalue weighted by atomic mass is 16.6. The largest absolute Gasteiger partial charge is 0.548 e. The first kappa shape index (κ1) is 21.2. The number of likely N-dealkylation sites (tertiary alicyclic amines) is 1. The van der Waals surface area contributed by atoms with Crippen LogP contribution in [0, 0.1) is 11.8 Å². The molecule has 1 heterocycles. The highest BCUT2D eigenvalue weighted by molar-refractivity contribution is 5.80. The van der Waals surface area contributed by atoms with Crippen LogP contribution in [0.5, 0.6) is 0 Å². The average molecular weight is 376 g/mol. The van der Waals surface area contributed by atoms with Crippen LogP contribution in [0.1, 0.15) is 58.6 Å². The van der Waals surface area contributed by atoms with E-state index in [1.807, 2.05) is 18.2 Å². The van der Waals surface area contributed by atoms with Crippen molar-refractivity contribution in [3.63, 3.8) is 0 Å².